The minimum absolute atomic E-state index is 0.680. The third-order valence-electron chi connectivity index (χ3n) is 3.60. The molecule has 16 heavy (non-hydrogen) atoms. The third kappa shape index (κ3) is 2.63. The van der Waals surface area contributed by atoms with Gasteiger partial charge in [-0.05, 0) is 18.3 Å². The van der Waals surface area contributed by atoms with Crippen molar-refractivity contribution in [3.8, 4) is 0 Å². The molecular weight excluding hydrogens is 196 g/mol. The molecule has 2 N–H and O–H groups in total. The summed E-state index contributed by atoms with van der Waals surface area (Å²) in [6.07, 6.45) is 4.02. The monoisotopic (exact) mass is 216 g/mol. The van der Waals surface area contributed by atoms with Gasteiger partial charge in [-0.25, -0.2) is 0 Å². The molecule has 2 unspecified atom stereocenters. The number of nitrogens with two attached hydrogens (primary N) is 1. The van der Waals surface area contributed by atoms with E-state index in [1.165, 1.54) is 19.3 Å². The zero-order valence-electron chi connectivity index (χ0n) is 9.89. The van der Waals surface area contributed by atoms with Crippen molar-refractivity contribution < 1.29 is 0 Å². The van der Waals surface area contributed by atoms with Gasteiger partial charge < -0.3 is 5.73 Å². The first kappa shape index (κ1) is 11.2. The molecule has 1 saturated carbocycles. The maximum absolute atomic E-state index is 5.97. The molecule has 0 radical (unpaired) electrons. The van der Waals surface area contributed by atoms with Gasteiger partial charge in [0.1, 0.15) is 5.84 Å². The summed E-state index contributed by atoms with van der Waals surface area (Å²) < 4.78 is 0. The Morgan fingerprint density at radius 3 is 2.69 bits per heavy atom. The Labute approximate surface area is 97.6 Å². The van der Waals surface area contributed by atoms with Crippen LogP contribution in [0.1, 0.15) is 31.7 Å². The Morgan fingerprint density at radius 2 is 2.06 bits per heavy atom. The summed E-state index contributed by atoms with van der Waals surface area (Å²) in [6.45, 7) is 3.22. The van der Waals surface area contributed by atoms with Crippen molar-refractivity contribution >= 4 is 5.84 Å². The molecule has 0 aliphatic heterocycles. The van der Waals surface area contributed by atoms with E-state index in [2.05, 4.69) is 11.9 Å². The average molecular weight is 216 g/mol. The fourth-order valence-corrected chi connectivity index (χ4v) is 2.41. The number of hydrogen-bond acceptors (Lipinski definition) is 1. The van der Waals surface area contributed by atoms with Crippen LogP contribution in [0.15, 0.2) is 35.3 Å². The quantitative estimate of drug-likeness (QED) is 0.612. The SMILES string of the molecule is CC1CCCC1CN=C(N)c1ccccc1. The van der Waals surface area contributed by atoms with Gasteiger partial charge in [0.25, 0.3) is 0 Å². The fraction of sp³-hybridized carbons (Fsp3) is 0.500. The van der Waals surface area contributed by atoms with Crippen LogP contribution in [0.4, 0.5) is 0 Å². The molecule has 0 heterocycles. The Morgan fingerprint density at radius 1 is 1.31 bits per heavy atom. The Hall–Kier alpha value is -1.31. The first-order chi connectivity index (χ1) is 7.77. The minimum atomic E-state index is 0.680. The van der Waals surface area contributed by atoms with E-state index < -0.39 is 0 Å². The molecule has 0 bridgehead atoms. The Kier molecular flexibility index (Phi) is 3.60. The van der Waals surface area contributed by atoms with Crippen molar-refractivity contribution in [2.24, 2.45) is 22.6 Å². The number of rotatable bonds is 3. The second-order valence-corrected chi connectivity index (χ2v) is 4.76. The normalized spacial score (nSPS) is 25.9. The summed E-state index contributed by atoms with van der Waals surface area (Å²) >= 11 is 0. The van der Waals surface area contributed by atoms with Gasteiger partial charge in [-0.1, -0.05) is 50.1 Å². The van der Waals surface area contributed by atoms with Crippen LogP contribution in [-0.2, 0) is 0 Å². The Balaban J connectivity index is 1.97. The smallest absolute Gasteiger partial charge is 0.125 e. The fourth-order valence-electron chi connectivity index (χ4n) is 2.41. The standard InChI is InChI=1S/C14H20N2/c1-11-6-5-9-13(11)10-16-14(15)12-7-3-2-4-8-12/h2-4,7-8,11,13H,5-6,9-10H2,1H3,(H2,15,16). The topological polar surface area (TPSA) is 38.4 Å². The van der Waals surface area contributed by atoms with Crippen molar-refractivity contribution in [1.82, 2.24) is 0 Å². The molecule has 2 heteroatoms. The predicted octanol–water partition coefficient (Wildman–Crippen LogP) is 2.83. The van der Waals surface area contributed by atoms with Gasteiger partial charge >= 0.3 is 0 Å². The van der Waals surface area contributed by atoms with Gasteiger partial charge in [0, 0.05) is 12.1 Å². The first-order valence-electron chi connectivity index (χ1n) is 6.12. The van der Waals surface area contributed by atoms with Crippen LogP contribution < -0.4 is 5.73 Å². The molecule has 1 aromatic rings. The van der Waals surface area contributed by atoms with Crippen LogP contribution in [-0.4, -0.2) is 12.4 Å². The lowest BCUT2D eigenvalue weighted by atomic mass is 9.98. The van der Waals surface area contributed by atoms with E-state index >= 15 is 0 Å². The lowest BCUT2D eigenvalue weighted by molar-refractivity contribution is 0.430. The van der Waals surface area contributed by atoms with Crippen LogP contribution in [0.25, 0.3) is 0 Å². The van der Waals surface area contributed by atoms with Crippen LogP contribution in [0, 0.1) is 11.8 Å². The minimum Gasteiger partial charge on any atom is -0.384 e. The molecular formula is C14H20N2. The molecule has 2 nitrogen and oxygen atoms in total. The molecule has 0 aromatic heterocycles. The highest BCUT2D eigenvalue weighted by Gasteiger charge is 2.22. The molecule has 1 aliphatic carbocycles. The highest BCUT2D eigenvalue weighted by Crippen LogP contribution is 2.31. The van der Waals surface area contributed by atoms with Crippen molar-refractivity contribution in [3.05, 3.63) is 35.9 Å². The highest BCUT2D eigenvalue weighted by atomic mass is 14.9. The van der Waals surface area contributed by atoms with Crippen molar-refractivity contribution in [2.75, 3.05) is 6.54 Å². The lowest BCUT2D eigenvalue weighted by Gasteiger charge is -2.12. The number of nitrogens with zero attached hydrogens (tertiary/aromatic N) is 1. The molecule has 2 rings (SSSR count). The summed E-state index contributed by atoms with van der Waals surface area (Å²) in [7, 11) is 0. The van der Waals surface area contributed by atoms with E-state index in [4.69, 9.17) is 5.73 Å². The summed E-state index contributed by atoms with van der Waals surface area (Å²) in [6, 6.07) is 10.0. The largest absolute Gasteiger partial charge is 0.384 e. The summed E-state index contributed by atoms with van der Waals surface area (Å²) in [5.41, 5.74) is 7.00. The van der Waals surface area contributed by atoms with Gasteiger partial charge in [0.15, 0.2) is 0 Å². The van der Waals surface area contributed by atoms with Gasteiger partial charge in [0.05, 0.1) is 0 Å². The van der Waals surface area contributed by atoms with E-state index in [1.54, 1.807) is 0 Å². The second-order valence-electron chi connectivity index (χ2n) is 4.76. The molecule has 0 saturated heterocycles. The molecule has 1 aliphatic rings. The average Bonchev–Trinajstić information content (AvgIpc) is 2.73. The molecule has 1 fully saturated rings. The summed E-state index contributed by atoms with van der Waals surface area (Å²) in [5, 5.41) is 0. The summed E-state index contributed by atoms with van der Waals surface area (Å²) in [5.74, 6) is 2.23. The van der Waals surface area contributed by atoms with E-state index in [-0.39, 0.29) is 0 Å². The lowest BCUT2D eigenvalue weighted by Crippen LogP contribution is -2.16. The third-order valence-corrected chi connectivity index (χ3v) is 3.60. The van der Waals surface area contributed by atoms with Gasteiger partial charge in [-0.3, -0.25) is 4.99 Å². The highest BCUT2D eigenvalue weighted by molar-refractivity contribution is 5.97. The zero-order valence-corrected chi connectivity index (χ0v) is 9.89. The first-order valence-corrected chi connectivity index (χ1v) is 6.12. The van der Waals surface area contributed by atoms with Gasteiger partial charge in [0.2, 0.25) is 0 Å². The number of benzene rings is 1. The number of amidine groups is 1. The summed E-state index contributed by atoms with van der Waals surface area (Å²) in [4.78, 5) is 4.52. The molecule has 2 atom stereocenters. The number of aliphatic imine (C=N–C) groups is 1. The van der Waals surface area contributed by atoms with E-state index in [9.17, 15) is 0 Å². The molecule has 0 amide bonds. The molecule has 1 aromatic carbocycles. The zero-order chi connectivity index (χ0) is 11.4. The van der Waals surface area contributed by atoms with E-state index in [0.717, 1.165) is 23.9 Å². The molecule has 0 spiro atoms. The second kappa shape index (κ2) is 5.15. The number of hydrogen-bond donors (Lipinski definition) is 1. The van der Waals surface area contributed by atoms with Gasteiger partial charge in [-0.15, -0.1) is 0 Å². The van der Waals surface area contributed by atoms with Crippen molar-refractivity contribution in [1.29, 1.82) is 0 Å². The van der Waals surface area contributed by atoms with Crippen LogP contribution in [0.5, 0.6) is 0 Å². The Bertz CT molecular complexity index is 356. The van der Waals surface area contributed by atoms with Crippen LogP contribution in [0.3, 0.4) is 0 Å². The maximum Gasteiger partial charge on any atom is 0.125 e. The maximum atomic E-state index is 5.97. The molecule has 86 valence electrons. The van der Waals surface area contributed by atoms with Crippen molar-refractivity contribution in [2.45, 2.75) is 26.2 Å². The van der Waals surface area contributed by atoms with Crippen molar-refractivity contribution in [3.63, 3.8) is 0 Å². The van der Waals surface area contributed by atoms with Crippen LogP contribution in [0.2, 0.25) is 0 Å². The van der Waals surface area contributed by atoms with Crippen LogP contribution >= 0.6 is 0 Å². The predicted molar refractivity (Wildman–Crippen MR) is 68.5 cm³/mol. The van der Waals surface area contributed by atoms with E-state index in [0.29, 0.717) is 5.84 Å². The van der Waals surface area contributed by atoms with Gasteiger partial charge in [-0.2, -0.15) is 0 Å². The van der Waals surface area contributed by atoms with E-state index in [1.807, 2.05) is 30.3 Å².